The second-order valence-corrected chi connectivity index (χ2v) is 18.1. The summed E-state index contributed by atoms with van der Waals surface area (Å²) in [7, 11) is 3.63. The van der Waals surface area contributed by atoms with E-state index in [4.69, 9.17) is 30.4 Å². The van der Waals surface area contributed by atoms with Crippen LogP contribution in [0.3, 0.4) is 0 Å². The van der Waals surface area contributed by atoms with Crippen LogP contribution in [0.25, 0.3) is 43.8 Å². The van der Waals surface area contributed by atoms with Gasteiger partial charge in [-0.2, -0.15) is 0 Å². The number of amides is 2. The van der Waals surface area contributed by atoms with Crippen LogP contribution in [0.15, 0.2) is 49.1 Å². The number of likely N-dealkylation sites (tertiary alicyclic amines) is 2. The minimum atomic E-state index is -1.57. The van der Waals surface area contributed by atoms with Crippen molar-refractivity contribution in [2.45, 2.75) is 38.0 Å². The number of halogens is 4. The van der Waals surface area contributed by atoms with Crippen LogP contribution in [0, 0.1) is 25.5 Å². The van der Waals surface area contributed by atoms with E-state index in [0.29, 0.717) is 108 Å². The van der Waals surface area contributed by atoms with Crippen molar-refractivity contribution >= 4 is 68.1 Å². The summed E-state index contributed by atoms with van der Waals surface area (Å²) in [4.78, 5) is 45.1. The minimum Gasteiger partial charge on any atom is -0.474 e. The first kappa shape index (κ1) is 47.6. The Hall–Kier alpha value is -7.46. The molecule has 8 heterocycles. The number of nitrogen functional groups attached to an aromatic ring is 2. The zero-order chi connectivity index (χ0) is 49.5. The molecule has 4 aromatic heterocycles. The van der Waals surface area contributed by atoms with E-state index >= 15 is 8.78 Å². The summed E-state index contributed by atoms with van der Waals surface area (Å²) >= 11 is 0. The summed E-state index contributed by atoms with van der Waals surface area (Å²) in [5.41, 5.74) is 13.6. The molecule has 0 saturated carbocycles. The third kappa shape index (κ3) is 9.73. The summed E-state index contributed by atoms with van der Waals surface area (Å²) in [6.45, 7) is 6.90. The fraction of sp³-hybridized carbons (Fsp3) is 0.375. The number of aromatic nitrogens is 4. The molecule has 2 saturated heterocycles. The lowest BCUT2D eigenvalue weighted by atomic mass is 9.97. The predicted octanol–water partition coefficient (Wildman–Crippen LogP) is 7.45. The van der Waals surface area contributed by atoms with Crippen molar-refractivity contribution in [3.8, 4) is 34.0 Å². The second-order valence-electron chi connectivity index (χ2n) is 18.1. The fourth-order valence-corrected chi connectivity index (χ4v) is 9.08. The summed E-state index contributed by atoms with van der Waals surface area (Å²) < 4.78 is 81.2. The highest BCUT2D eigenvalue weighted by molar-refractivity contribution is 6.01. The smallest absolute Gasteiger partial charge is 0.412 e. The number of carbonyl (C=O) groups excluding carboxylic acids is 2. The number of nitrogens with zero attached hydrogens (tertiary/aromatic N) is 6. The zero-order valence-electron chi connectivity index (χ0n) is 38.9. The van der Waals surface area contributed by atoms with E-state index in [1.165, 1.54) is 12.4 Å². The predicted molar refractivity (Wildman–Crippen MR) is 258 cm³/mol. The Morgan fingerprint density at radius 3 is 1.47 bits per heavy atom. The quantitative estimate of drug-likeness (QED) is 0.0643. The van der Waals surface area contributed by atoms with Crippen LogP contribution in [0.1, 0.15) is 24.0 Å². The van der Waals surface area contributed by atoms with Crippen molar-refractivity contribution in [3.05, 3.63) is 71.8 Å². The minimum absolute atomic E-state index is 0.0646. The number of hydrogen-bond donors (Lipinski definition) is 6. The molecular formula is C48H52F4N12O6. The number of anilines is 6. The van der Waals surface area contributed by atoms with Gasteiger partial charge in [0, 0.05) is 97.1 Å². The molecule has 2 aromatic carbocycles. The monoisotopic (exact) mass is 968 g/mol. The molecular weight excluding hydrogens is 917 g/mol. The first-order valence-electron chi connectivity index (χ1n) is 22.6. The number of alkyl halides is 2. The molecule has 2 fully saturated rings. The second kappa shape index (κ2) is 19.1. The molecule has 0 unspecified atom stereocenters. The van der Waals surface area contributed by atoms with Crippen molar-refractivity contribution in [3.63, 3.8) is 0 Å². The maximum atomic E-state index is 15.3. The Morgan fingerprint density at radius 1 is 0.671 bits per heavy atom. The highest BCUT2D eigenvalue weighted by atomic mass is 19.2. The number of carbonyl (C=O) groups is 2. The normalized spacial score (nSPS) is 19.7. The van der Waals surface area contributed by atoms with Crippen molar-refractivity contribution in [1.82, 2.24) is 29.7 Å². The number of rotatable bonds is 8. The molecule has 22 heteroatoms. The molecule has 2 atom stereocenters. The van der Waals surface area contributed by atoms with Crippen LogP contribution >= 0.6 is 0 Å². The summed E-state index contributed by atoms with van der Waals surface area (Å²) in [6.07, 6.45) is 4.82. The van der Waals surface area contributed by atoms with E-state index in [2.05, 4.69) is 41.2 Å². The molecule has 0 spiro atoms. The van der Waals surface area contributed by atoms with E-state index in [0.717, 1.165) is 11.1 Å². The van der Waals surface area contributed by atoms with Gasteiger partial charge in [-0.3, -0.25) is 10.6 Å². The highest BCUT2D eigenvalue weighted by Crippen LogP contribution is 2.42. The van der Waals surface area contributed by atoms with Gasteiger partial charge >= 0.3 is 12.2 Å². The van der Waals surface area contributed by atoms with Crippen LogP contribution in [0.2, 0.25) is 0 Å². The van der Waals surface area contributed by atoms with Gasteiger partial charge in [-0.05, 0) is 86.9 Å². The van der Waals surface area contributed by atoms with E-state index in [-0.39, 0.29) is 60.4 Å². The Morgan fingerprint density at radius 2 is 1.09 bits per heavy atom. The Bertz CT molecular complexity index is 2840. The number of benzene rings is 2. The fourth-order valence-electron chi connectivity index (χ4n) is 9.08. The lowest BCUT2D eigenvalue weighted by molar-refractivity contribution is 0.0620. The number of fused-ring (bicyclic) bond motifs is 4. The molecule has 2 amide bonds. The van der Waals surface area contributed by atoms with Gasteiger partial charge < -0.3 is 50.8 Å². The SMILES string of the molecule is Cc1c(-c2cc3cc(NC(=O)OC[C@@]4(F)CCN(C)C4)ncc3c(N)c2F)cnc2c1NCCO2.Cc1c(-c2cc3cc(NC(=O)OC[C@]4(F)CCN(C)C4)ncc3c(N)c2F)cnc2c1NCCO2. The topological polar surface area (TPSA) is 229 Å². The van der Waals surface area contributed by atoms with E-state index in [1.54, 1.807) is 36.7 Å². The van der Waals surface area contributed by atoms with Gasteiger partial charge in [0.2, 0.25) is 11.8 Å². The van der Waals surface area contributed by atoms with Gasteiger partial charge in [-0.15, -0.1) is 0 Å². The third-order valence-corrected chi connectivity index (χ3v) is 12.8. The molecule has 0 aliphatic carbocycles. The van der Waals surface area contributed by atoms with Crippen molar-refractivity contribution in [2.75, 3.05) is 113 Å². The first-order chi connectivity index (χ1) is 33.5. The summed E-state index contributed by atoms with van der Waals surface area (Å²) in [5.74, 6) is 0.115. The molecule has 4 aliphatic rings. The van der Waals surface area contributed by atoms with Crippen molar-refractivity contribution in [2.24, 2.45) is 0 Å². The molecule has 0 bridgehead atoms. The van der Waals surface area contributed by atoms with Gasteiger partial charge in [-0.25, -0.2) is 47.1 Å². The number of pyridine rings is 4. The maximum absolute atomic E-state index is 15.3. The molecule has 6 aromatic rings. The zero-order valence-corrected chi connectivity index (χ0v) is 38.9. The third-order valence-electron chi connectivity index (χ3n) is 12.8. The maximum Gasteiger partial charge on any atom is 0.412 e. The number of nitrogens with two attached hydrogens (primary N) is 2. The van der Waals surface area contributed by atoms with Crippen LogP contribution in [0.5, 0.6) is 11.8 Å². The molecule has 18 nitrogen and oxygen atoms in total. The number of nitrogens with one attached hydrogen (secondary N) is 4. The van der Waals surface area contributed by atoms with Crippen LogP contribution < -0.4 is 42.2 Å². The summed E-state index contributed by atoms with van der Waals surface area (Å²) in [5, 5.41) is 13.4. The van der Waals surface area contributed by atoms with Crippen LogP contribution in [-0.2, 0) is 9.47 Å². The van der Waals surface area contributed by atoms with Crippen LogP contribution in [0.4, 0.5) is 61.5 Å². The van der Waals surface area contributed by atoms with Gasteiger partial charge in [-0.1, -0.05) is 0 Å². The number of hydrogen-bond acceptors (Lipinski definition) is 16. The lowest BCUT2D eigenvalue weighted by Crippen LogP contribution is -2.34. The van der Waals surface area contributed by atoms with Crippen molar-refractivity contribution < 1.29 is 46.1 Å². The standard InChI is InChI=1S/2C24H26F2N6O3/c2*1-13-16(9-30-22-21(13)28-4-6-34-22)15-7-14-8-18(29-10-17(14)20(27)19(15)25)31-23(33)35-12-24(26)3-5-32(2)11-24/h2*7-10,28H,3-6,11-12,27H2,1-2H3,(H,29,31,33)/t2*24-/m10/s1. The molecule has 10 rings (SSSR count). The van der Waals surface area contributed by atoms with Gasteiger partial charge in [0.15, 0.2) is 23.0 Å². The summed E-state index contributed by atoms with van der Waals surface area (Å²) in [6, 6.07) is 6.38. The lowest BCUT2D eigenvalue weighted by Gasteiger charge is -2.22. The van der Waals surface area contributed by atoms with Crippen molar-refractivity contribution in [1.29, 1.82) is 0 Å². The highest BCUT2D eigenvalue weighted by Gasteiger charge is 2.39. The van der Waals surface area contributed by atoms with E-state index < -0.39 is 35.2 Å². The molecule has 0 radical (unpaired) electrons. The first-order valence-corrected chi connectivity index (χ1v) is 22.6. The van der Waals surface area contributed by atoms with Gasteiger partial charge in [0.25, 0.3) is 0 Å². The molecule has 8 N–H and O–H groups in total. The molecule has 368 valence electrons. The van der Waals surface area contributed by atoms with Gasteiger partial charge in [0.05, 0.1) is 11.4 Å². The van der Waals surface area contributed by atoms with E-state index in [9.17, 15) is 18.4 Å². The average Bonchev–Trinajstić information content (AvgIpc) is 3.89. The largest absolute Gasteiger partial charge is 0.474 e. The Balaban J connectivity index is 0.000000174. The Labute approximate surface area is 399 Å². The van der Waals surface area contributed by atoms with E-state index in [1.807, 2.05) is 37.7 Å². The average molecular weight is 969 g/mol. The van der Waals surface area contributed by atoms with Gasteiger partial charge in [0.1, 0.15) is 49.4 Å². The van der Waals surface area contributed by atoms with Crippen LogP contribution in [-0.4, -0.2) is 133 Å². The Kier molecular flexibility index (Phi) is 13.0. The molecule has 70 heavy (non-hydrogen) atoms. The number of ether oxygens (including phenoxy) is 4. The molecule has 4 aliphatic heterocycles.